The van der Waals surface area contributed by atoms with Gasteiger partial charge in [0.05, 0.1) is 25.4 Å². The Hall–Kier alpha value is -1.59. The number of aliphatic hydroxyl groups is 5. The number of unbranched alkanes of at least 4 members (excludes halogenated alkanes) is 47. The first-order valence-corrected chi connectivity index (χ1v) is 35.7. The maximum atomic E-state index is 13.2. The van der Waals surface area contributed by atoms with Crippen LogP contribution in [-0.4, -0.2) is 87.5 Å². The van der Waals surface area contributed by atoms with Crippen LogP contribution in [0.15, 0.2) is 36.5 Å². The number of nitrogens with one attached hydrogen (secondary N) is 1. The second kappa shape index (κ2) is 61.5. The number of hydrogen-bond acceptors (Lipinski definition) is 8. The van der Waals surface area contributed by atoms with Crippen LogP contribution in [0.3, 0.4) is 0 Å². The topological polar surface area (TPSA) is 149 Å². The zero-order chi connectivity index (χ0) is 58.6. The summed E-state index contributed by atoms with van der Waals surface area (Å²) in [5.74, 6) is -0.137. The smallest absolute Gasteiger partial charge is 0.220 e. The summed E-state index contributed by atoms with van der Waals surface area (Å²) in [6.45, 7) is 3.88. The van der Waals surface area contributed by atoms with Crippen molar-refractivity contribution in [1.82, 2.24) is 5.32 Å². The van der Waals surface area contributed by atoms with E-state index in [0.717, 1.165) is 51.4 Å². The predicted molar refractivity (Wildman–Crippen MR) is 346 cm³/mol. The number of hydrogen-bond donors (Lipinski definition) is 6. The molecular weight excluding hydrogens is 1010 g/mol. The Kier molecular flexibility index (Phi) is 58.8. The normalized spacial score (nSPS) is 18.5. The molecule has 7 atom stereocenters. The van der Waals surface area contributed by atoms with Gasteiger partial charge in [-0.3, -0.25) is 4.79 Å². The van der Waals surface area contributed by atoms with Crippen LogP contribution in [0.5, 0.6) is 0 Å². The molecule has 1 fully saturated rings. The Morgan fingerprint density at radius 2 is 0.728 bits per heavy atom. The second-order valence-corrected chi connectivity index (χ2v) is 25.0. The minimum absolute atomic E-state index is 0.134. The maximum absolute atomic E-state index is 13.2. The average Bonchev–Trinajstić information content (AvgIpc) is 3.48. The van der Waals surface area contributed by atoms with Crippen LogP contribution in [0, 0.1) is 0 Å². The average molecular weight is 1140 g/mol. The molecule has 0 aromatic carbocycles. The van der Waals surface area contributed by atoms with Crippen LogP contribution in [0.2, 0.25) is 0 Å². The van der Waals surface area contributed by atoms with E-state index < -0.39 is 49.5 Å². The van der Waals surface area contributed by atoms with E-state index in [4.69, 9.17) is 9.47 Å². The molecule has 1 aliphatic heterocycles. The van der Waals surface area contributed by atoms with Crippen molar-refractivity contribution in [2.24, 2.45) is 0 Å². The van der Waals surface area contributed by atoms with Gasteiger partial charge in [-0.15, -0.1) is 0 Å². The Morgan fingerprint density at radius 1 is 0.420 bits per heavy atom. The fraction of sp³-hybridized carbons (Fsp3) is 0.903. The van der Waals surface area contributed by atoms with Gasteiger partial charge in [0.15, 0.2) is 6.29 Å². The van der Waals surface area contributed by atoms with Crippen LogP contribution < -0.4 is 5.32 Å². The van der Waals surface area contributed by atoms with E-state index >= 15 is 0 Å². The van der Waals surface area contributed by atoms with Gasteiger partial charge in [0, 0.05) is 6.42 Å². The van der Waals surface area contributed by atoms with Gasteiger partial charge in [0.25, 0.3) is 0 Å². The first kappa shape index (κ1) is 77.4. The van der Waals surface area contributed by atoms with Gasteiger partial charge in [0.2, 0.25) is 5.91 Å². The molecule has 0 aromatic heterocycles. The fourth-order valence-electron chi connectivity index (χ4n) is 11.6. The minimum Gasteiger partial charge on any atom is -0.394 e. The van der Waals surface area contributed by atoms with Gasteiger partial charge in [-0.25, -0.2) is 0 Å². The van der Waals surface area contributed by atoms with Crippen molar-refractivity contribution in [2.45, 2.75) is 403 Å². The molecule has 6 N–H and O–H groups in total. The number of ether oxygens (including phenoxy) is 2. The molecule has 0 bridgehead atoms. The van der Waals surface area contributed by atoms with Crippen molar-refractivity contribution in [1.29, 1.82) is 0 Å². The highest BCUT2D eigenvalue weighted by molar-refractivity contribution is 5.76. The van der Waals surface area contributed by atoms with Crippen LogP contribution in [-0.2, 0) is 14.3 Å². The highest BCUT2D eigenvalue weighted by atomic mass is 16.7. The Morgan fingerprint density at radius 3 is 1.07 bits per heavy atom. The zero-order valence-corrected chi connectivity index (χ0v) is 53.6. The number of carbonyl (C=O) groups is 1. The fourth-order valence-corrected chi connectivity index (χ4v) is 11.6. The molecule has 1 aliphatic rings. The highest BCUT2D eigenvalue weighted by Gasteiger charge is 2.44. The molecule has 7 unspecified atom stereocenters. The summed E-state index contributed by atoms with van der Waals surface area (Å²) >= 11 is 0. The van der Waals surface area contributed by atoms with Crippen LogP contribution in [0.1, 0.15) is 361 Å². The molecule has 0 aromatic rings. The number of carbonyl (C=O) groups excluding carboxylic acids is 1. The second-order valence-electron chi connectivity index (χ2n) is 25.0. The summed E-state index contributed by atoms with van der Waals surface area (Å²) in [7, 11) is 0. The molecule has 81 heavy (non-hydrogen) atoms. The van der Waals surface area contributed by atoms with Crippen molar-refractivity contribution in [3.63, 3.8) is 0 Å². The lowest BCUT2D eigenvalue weighted by atomic mass is 9.99. The molecule has 1 rings (SSSR count). The molecule has 0 aliphatic carbocycles. The molecule has 9 heteroatoms. The van der Waals surface area contributed by atoms with Gasteiger partial charge in [-0.2, -0.15) is 0 Å². The Balaban J connectivity index is 2.08. The van der Waals surface area contributed by atoms with E-state index in [-0.39, 0.29) is 12.5 Å². The van der Waals surface area contributed by atoms with Crippen LogP contribution in [0.4, 0.5) is 0 Å². The van der Waals surface area contributed by atoms with Gasteiger partial charge in [-0.1, -0.05) is 339 Å². The minimum atomic E-state index is -1.55. The van der Waals surface area contributed by atoms with Crippen molar-refractivity contribution >= 4 is 5.91 Å². The lowest BCUT2D eigenvalue weighted by Gasteiger charge is -2.40. The zero-order valence-electron chi connectivity index (χ0n) is 53.6. The first-order chi connectivity index (χ1) is 39.8. The van der Waals surface area contributed by atoms with Crippen molar-refractivity contribution in [3.05, 3.63) is 36.5 Å². The van der Waals surface area contributed by atoms with E-state index in [1.165, 1.54) is 283 Å². The third-order valence-electron chi connectivity index (χ3n) is 17.2. The lowest BCUT2D eigenvalue weighted by molar-refractivity contribution is -0.302. The van der Waals surface area contributed by atoms with Crippen molar-refractivity contribution < 1.29 is 39.8 Å². The van der Waals surface area contributed by atoms with Gasteiger partial charge in [0.1, 0.15) is 24.4 Å². The Labute approximate surface area is 501 Å². The van der Waals surface area contributed by atoms with Crippen LogP contribution in [0.25, 0.3) is 0 Å². The summed E-state index contributed by atoms with van der Waals surface area (Å²) in [6.07, 6.45) is 75.0. The van der Waals surface area contributed by atoms with Crippen molar-refractivity contribution in [3.8, 4) is 0 Å². The van der Waals surface area contributed by atoms with E-state index in [9.17, 15) is 30.3 Å². The third kappa shape index (κ3) is 50.3. The summed E-state index contributed by atoms with van der Waals surface area (Å²) in [6, 6.07) is -0.719. The number of allylic oxidation sites excluding steroid dienone is 6. The summed E-state index contributed by atoms with van der Waals surface area (Å²) in [5.41, 5.74) is 0. The third-order valence-corrected chi connectivity index (χ3v) is 17.2. The standard InChI is InChI=1S/C72H137NO8/c1-3-5-7-9-11-13-15-17-19-21-23-25-27-28-29-30-31-32-33-34-35-36-37-38-40-42-44-46-48-50-52-54-56-58-60-62-68(76)73-65(64-80-72-71(79)70(78)69(77)67(63-74)81-72)66(75)61-59-57-55-53-51-49-47-45-43-41-39-26-24-22-20-18-16-14-12-10-8-6-4-2/h15,17,21,23,27-28,65-67,69-72,74-75,77-79H,3-14,16,18-20,22,24-26,29-64H2,1-2H3,(H,73,76)/b17-15-,23-21-,28-27-. The van der Waals surface area contributed by atoms with Gasteiger partial charge in [-0.05, 0) is 51.4 Å². The molecular formula is C72H137NO8. The monoisotopic (exact) mass is 1140 g/mol. The molecule has 0 spiro atoms. The SMILES string of the molecule is CCCCCCC/C=C\C/C=C\C/C=C\CCCCCCCCCCCCCCCCCCCCCCC(=O)NC(COC1OC(CO)C(O)C(O)C1O)C(O)CCCCCCCCCCCCCCCCCCCCCCCCC. The quantitative estimate of drug-likeness (QED) is 0.0261. The largest absolute Gasteiger partial charge is 0.394 e. The molecule has 1 saturated heterocycles. The van der Waals surface area contributed by atoms with Gasteiger partial charge < -0.3 is 40.3 Å². The molecule has 9 nitrogen and oxygen atoms in total. The lowest BCUT2D eigenvalue weighted by Crippen LogP contribution is -2.60. The van der Waals surface area contributed by atoms with E-state index in [0.29, 0.717) is 12.8 Å². The molecule has 0 saturated carbocycles. The van der Waals surface area contributed by atoms with E-state index in [1.54, 1.807) is 0 Å². The van der Waals surface area contributed by atoms with Crippen LogP contribution >= 0.6 is 0 Å². The molecule has 0 radical (unpaired) electrons. The number of amides is 1. The first-order valence-electron chi connectivity index (χ1n) is 35.7. The molecule has 1 heterocycles. The van der Waals surface area contributed by atoms with Crippen molar-refractivity contribution in [2.75, 3.05) is 13.2 Å². The van der Waals surface area contributed by atoms with E-state index in [1.807, 2.05) is 0 Å². The highest BCUT2D eigenvalue weighted by Crippen LogP contribution is 2.24. The molecule has 1 amide bonds. The maximum Gasteiger partial charge on any atom is 0.220 e. The van der Waals surface area contributed by atoms with E-state index in [2.05, 4.69) is 55.6 Å². The van der Waals surface area contributed by atoms with Gasteiger partial charge >= 0.3 is 0 Å². The summed E-state index contributed by atoms with van der Waals surface area (Å²) < 4.78 is 11.4. The molecule has 478 valence electrons. The Bertz CT molecular complexity index is 1370. The summed E-state index contributed by atoms with van der Waals surface area (Å²) in [4.78, 5) is 13.2. The number of rotatable bonds is 63. The summed E-state index contributed by atoms with van der Waals surface area (Å²) in [5, 5.41) is 54.9. The predicted octanol–water partition coefficient (Wildman–Crippen LogP) is 19.4. The number of aliphatic hydroxyl groups excluding tert-OH is 5.